The Morgan fingerprint density at radius 3 is 2.56 bits per heavy atom. The van der Waals surface area contributed by atoms with E-state index in [0.717, 1.165) is 37.9 Å². The van der Waals surface area contributed by atoms with Gasteiger partial charge in [-0.25, -0.2) is 0 Å². The first kappa shape index (κ1) is 11.6. The molecular weight excluding hydrogens is 226 g/mol. The molecule has 88 valence electrons. The summed E-state index contributed by atoms with van der Waals surface area (Å²) in [4.78, 5) is 0. The van der Waals surface area contributed by atoms with Crippen molar-refractivity contribution in [3.63, 3.8) is 0 Å². The molecule has 0 bridgehead atoms. The van der Waals surface area contributed by atoms with Crippen LogP contribution in [0.4, 0.5) is 0 Å². The molecule has 0 spiro atoms. The first-order chi connectivity index (χ1) is 7.68. The third-order valence-corrected chi connectivity index (χ3v) is 3.46. The second kappa shape index (κ2) is 4.93. The molecule has 1 aromatic carbocycles. The monoisotopic (exact) mass is 241 g/mol. The van der Waals surface area contributed by atoms with E-state index in [1.807, 2.05) is 0 Å². The molecule has 0 saturated carbocycles. The molecule has 0 aromatic heterocycles. The number of aromatic hydroxyl groups is 2. The number of nitrogens with one attached hydrogen (secondary N) is 1. The van der Waals surface area contributed by atoms with E-state index in [-0.39, 0.29) is 16.5 Å². The molecule has 1 aliphatic rings. The summed E-state index contributed by atoms with van der Waals surface area (Å²) in [5.74, 6) is 0.312. The summed E-state index contributed by atoms with van der Waals surface area (Å²) in [6.45, 7) is 2.07. The van der Waals surface area contributed by atoms with Crippen molar-refractivity contribution in [3.05, 3.63) is 22.7 Å². The highest BCUT2D eigenvalue weighted by molar-refractivity contribution is 6.32. The van der Waals surface area contributed by atoms with Crippen molar-refractivity contribution in [3.8, 4) is 11.5 Å². The molecule has 0 atom stereocenters. The number of hydrogen-bond donors (Lipinski definition) is 3. The molecule has 3 N–H and O–H groups in total. The Morgan fingerprint density at radius 2 is 1.88 bits per heavy atom. The van der Waals surface area contributed by atoms with Crippen molar-refractivity contribution < 1.29 is 10.2 Å². The minimum atomic E-state index is -0.201. The van der Waals surface area contributed by atoms with Gasteiger partial charge in [-0.15, -0.1) is 0 Å². The van der Waals surface area contributed by atoms with Crippen LogP contribution in [0.2, 0.25) is 5.02 Å². The van der Waals surface area contributed by atoms with Crippen LogP contribution in [0.1, 0.15) is 18.4 Å². The molecule has 3 nitrogen and oxygen atoms in total. The lowest BCUT2D eigenvalue weighted by atomic mass is 9.90. The van der Waals surface area contributed by atoms with Gasteiger partial charge in [0.1, 0.15) is 0 Å². The second-order valence-electron chi connectivity index (χ2n) is 4.30. The molecule has 0 unspecified atom stereocenters. The predicted molar refractivity (Wildman–Crippen MR) is 64.1 cm³/mol. The van der Waals surface area contributed by atoms with Crippen LogP contribution in [0.3, 0.4) is 0 Å². The summed E-state index contributed by atoms with van der Waals surface area (Å²) in [6, 6.07) is 3.42. The average molecular weight is 242 g/mol. The molecule has 1 saturated heterocycles. The summed E-state index contributed by atoms with van der Waals surface area (Å²) in [5, 5.41) is 22.8. The third-order valence-electron chi connectivity index (χ3n) is 3.15. The van der Waals surface area contributed by atoms with Gasteiger partial charge in [-0.3, -0.25) is 0 Å². The number of hydrogen-bond acceptors (Lipinski definition) is 3. The number of phenolic OH excluding ortho intramolecular Hbond substituents is 2. The summed E-state index contributed by atoms with van der Waals surface area (Å²) >= 11 is 5.71. The fourth-order valence-corrected chi connectivity index (χ4v) is 2.31. The maximum absolute atomic E-state index is 9.76. The molecule has 4 heteroatoms. The van der Waals surface area contributed by atoms with Gasteiger partial charge in [0.05, 0.1) is 5.02 Å². The number of benzene rings is 1. The zero-order valence-electron chi connectivity index (χ0n) is 9.04. The molecule has 0 radical (unpaired) electrons. The molecular formula is C12H16ClNO2. The summed E-state index contributed by atoms with van der Waals surface area (Å²) in [5.41, 5.74) is 0.786. The van der Waals surface area contributed by atoms with E-state index in [4.69, 9.17) is 11.6 Å². The predicted octanol–water partition coefficient (Wildman–Crippen LogP) is 2.29. The topological polar surface area (TPSA) is 52.5 Å². The highest BCUT2D eigenvalue weighted by Crippen LogP contribution is 2.37. The Balaban J connectivity index is 2.11. The lowest BCUT2D eigenvalue weighted by Gasteiger charge is -2.23. The van der Waals surface area contributed by atoms with Crippen molar-refractivity contribution in [1.29, 1.82) is 0 Å². The van der Waals surface area contributed by atoms with Crippen LogP contribution in [-0.2, 0) is 6.42 Å². The van der Waals surface area contributed by atoms with Crippen molar-refractivity contribution in [2.75, 3.05) is 13.1 Å². The van der Waals surface area contributed by atoms with E-state index >= 15 is 0 Å². The van der Waals surface area contributed by atoms with Gasteiger partial charge in [-0.2, -0.15) is 0 Å². The normalized spacial score (nSPS) is 17.6. The number of rotatable bonds is 2. The van der Waals surface area contributed by atoms with E-state index in [1.165, 1.54) is 0 Å². The molecule has 1 fully saturated rings. The highest BCUT2D eigenvalue weighted by atomic mass is 35.5. The second-order valence-corrected chi connectivity index (χ2v) is 4.71. The van der Waals surface area contributed by atoms with E-state index < -0.39 is 0 Å². The van der Waals surface area contributed by atoms with E-state index in [1.54, 1.807) is 12.1 Å². The van der Waals surface area contributed by atoms with Gasteiger partial charge in [0, 0.05) is 0 Å². The van der Waals surface area contributed by atoms with Crippen LogP contribution >= 0.6 is 11.6 Å². The molecule has 1 heterocycles. The van der Waals surface area contributed by atoms with Crippen molar-refractivity contribution >= 4 is 11.6 Å². The summed E-state index contributed by atoms with van der Waals surface area (Å²) in [7, 11) is 0. The zero-order valence-corrected chi connectivity index (χ0v) is 9.80. The largest absolute Gasteiger partial charge is 0.504 e. The van der Waals surface area contributed by atoms with Gasteiger partial charge in [0.2, 0.25) is 0 Å². The van der Waals surface area contributed by atoms with E-state index in [2.05, 4.69) is 5.32 Å². The van der Waals surface area contributed by atoms with Crippen molar-refractivity contribution in [2.45, 2.75) is 19.3 Å². The number of piperidine rings is 1. The van der Waals surface area contributed by atoms with Crippen molar-refractivity contribution in [1.82, 2.24) is 5.32 Å². The first-order valence-corrected chi connectivity index (χ1v) is 5.96. The SMILES string of the molecule is Oc1c(Cl)ccc(CC2CCNCC2)c1O. The van der Waals surface area contributed by atoms with Crippen LogP contribution in [-0.4, -0.2) is 23.3 Å². The van der Waals surface area contributed by atoms with Crippen LogP contribution in [0.5, 0.6) is 11.5 Å². The third kappa shape index (κ3) is 2.42. The molecule has 0 aliphatic carbocycles. The Hall–Kier alpha value is -0.930. The van der Waals surface area contributed by atoms with Gasteiger partial charge >= 0.3 is 0 Å². The smallest absolute Gasteiger partial charge is 0.176 e. The Labute approximate surface area is 100 Å². The lowest BCUT2D eigenvalue weighted by Crippen LogP contribution is -2.28. The Bertz CT molecular complexity index is 376. The molecule has 1 aliphatic heterocycles. The van der Waals surface area contributed by atoms with Crippen LogP contribution < -0.4 is 5.32 Å². The number of phenols is 2. The lowest BCUT2D eigenvalue weighted by molar-refractivity contribution is 0.359. The van der Waals surface area contributed by atoms with Gasteiger partial charge in [-0.05, 0) is 49.9 Å². The zero-order chi connectivity index (χ0) is 11.5. The van der Waals surface area contributed by atoms with Crippen LogP contribution in [0.25, 0.3) is 0 Å². The summed E-state index contributed by atoms with van der Waals surface area (Å²) < 4.78 is 0. The van der Waals surface area contributed by atoms with E-state index in [0.29, 0.717) is 5.92 Å². The van der Waals surface area contributed by atoms with E-state index in [9.17, 15) is 10.2 Å². The Kier molecular flexibility index (Phi) is 3.56. The quantitative estimate of drug-likeness (QED) is 0.697. The maximum atomic E-state index is 9.76. The van der Waals surface area contributed by atoms with Gasteiger partial charge in [0.25, 0.3) is 0 Å². The summed E-state index contributed by atoms with van der Waals surface area (Å²) in [6.07, 6.45) is 3.03. The standard InChI is InChI=1S/C12H16ClNO2/c13-10-2-1-9(11(15)12(10)16)7-8-3-5-14-6-4-8/h1-2,8,14-16H,3-7H2. The minimum absolute atomic E-state index is 0.0639. The highest BCUT2D eigenvalue weighted by Gasteiger charge is 2.17. The fourth-order valence-electron chi connectivity index (χ4n) is 2.16. The Morgan fingerprint density at radius 1 is 1.19 bits per heavy atom. The average Bonchev–Trinajstić information content (AvgIpc) is 2.31. The minimum Gasteiger partial charge on any atom is -0.504 e. The van der Waals surface area contributed by atoms with Gasteiger partial charge in [-0.1, -0.05) is 17.7 Å². The molecule has 0 amide bonds. The van der Waals surface area contributed by atoms with Gasteiger partial charge < -0.3 is 15.5 Å². The van der Waals surface area contributed by atoms with Crippen molar-refractivity contribution in [2.24, 2.45) is 5.92 Å². The molecule has 16 heavy (non-hydrogen) atoms. The maximum Gasteiger partial charge on any atom is 0.176 e. The first-order valence-electron chi connectivity index (χ1n) is 5.58. The fraction of sp³-hybridized carbons (Fsp3) is 0.500. The van der Waals surface area contributed by atoms with Crippen LogP contribution in [0.15, 0.2) is 12.1 Å². The number of halogens is 1. The molecule has 2 rings (SSSR count). The van der Waals surface area contributed by atoms with Crippen LogP contribution in [0, 0.1) is 5.92 Å². The van der Waals surface area contributed by atoms with Gasteiger partial charge in [0.15, 0.2) is 11.5 Å². The molecule has 1 aromatic rings.